The quantitative estimate of drug-likeness (QED) is 0.714. The van der Waals surface area contributed by atoms with Gasteiger partial charge in [-0.3, -0.25) is 0 Å². The van der Waals surface area contributed by atoms with E-state index in [-0.39, 0.29) is 5.38 Å². The molecule has 1 atom stereocenters. The number of aryl methyl sites for hydroxylation is 1. The largest absolute Gasteiger partial charge is 0.493 e. The molecule has 0 saturated carbocycles. The van der Waals surface area contributed by atoms with Crippen LogP contribution in [0.5, 0.6) is 5.75 Å². The summed E-state index contributed by atoms with van der Waals surface area (Å²) in [5, 5.41) is 0.288. The molecule has 1 unspecified atom stereocenters. The van der Waals surface area contributed by atoms with Gasteiger partial charge in [0.25, 0.3) is 0 Å². The van der Waals surface area contributed by atoms with Gasteiger partial charge in [-0.25, -0.2) is 0 Å². The molecule has 0 aromatic heterocycles. The summed E-state index contributed by atoms with van der Waals surface area (Å²) in [6, 6.07) is 4.33. The highest BCUT2D eigenvalue weighted by Crippen LogP contribution is 2.34. The fourth-order valence-corrected chi connectivity index (χ4v) is 3.18. The van der Waals surface area contributed by atoms with E-state index in [0.29, 0.717) is 0 Å². The van der Waals surface area contributed by atoms with E-state index in [0.717, 1.165) is 48.9 Å². The zero-order valence-corrected chi connectivity index (χ0v) is 12.5. The first kappa shape index (κ1) is 13.2. The first-order valence-corrected chi connectivity index (χ1v) is 7.51. The number of alkyl halides is 1. The Kier molecular flexibility index (Phi) is 4.75. The van der Waals surface area contributed by atoms with Gasteiger partial charge in [0.15, 0.2) is 0 Å². The van der Waals surface area contributed by atoms with Crippen LogP contribution in [0.2, 0.25) is 0 Å². The maximum absolute atomic E-state index is 6.27. The predicted octanol–water partition coefficient (Wildman–Crippen LogP) is 4.72. The van der Waals surface area contributed by atoms with E-state index in [9.17, 15) is 0 Å². The summed E-state index contributed by atoms with van der Waals surface area (Å²) in [5.41, 5.74) is 2.63. The summed E-state index contributed by atoms with van der Waals surface area (Å²) in [6.07, 6.45) is 5.32. The highest BCUT2D eigenvalue weighted by atomic mass is 79.9. The molecule has 2 rings (SSSR count). The normalized spacial score (nSPS) is 15.5. The topological polar surface area (TPSA) is 9.23 Å². The number of fused-ring (bicyclic) bond motifs is 1. The van der Waals surface area contributed by atoms with Crippen LogP contribution in [0.15, 0.2) is 16.6 Å². The summed E-state index contributed by atoms with van der Waals surface area (Å²) in [7, 11) is 0. The maximum atomic E-state index is 6.27. The minimum Gasteiger partial charge on any atom is -0.493 e. The molecule has 17 heavy (non-hydrogen) atoms. The van der Waals surface area contributed by atoms with Crippen LogP contribution in [-0.4, -0.2) is 12.0 Å². The van der Waals surface area contributed by atoms with Crippen LogP contribution in [-0.2, 0) is 12.8 Å². The molecule has 0 radical (unpaired) electrons. The molecule has 0 N–H and O–H groups in total. The average molecular weight is 318 g/mol. The smallest absolute Gasteiger partial charge is 0.125 e. The summed E-state index contributed by atoms with van der Waals surface area (Å²) in [5.74, 6) is 1.11. The number of rotatable bonds is 5. The lowest BCUT2D eigenvalue weighted by atomic mass is 10.0. The molecule has 1 nitrogen and oxygen atoms in total. The summed E-state index contributed by atoms with van der Waals surface area (Å²) in [4.78, 5) is 0. The van der Waals surface area contributed by atoms with Crippen molar-refractivity contribution in [1.29, 1.82) is 0 Å². The van der Waals surface area contributed by atoms with Crippen LogP contribution < -0.4 is 4.74 Å². The molecule has 1 aliphatic heterocycles. The third-order valence-electron chi connectivity index (χ3n) is 3.15. The Balaban J connectivity index is 2.05. The lowest BCUT2D eigenvalue weighted by molar-refractivity contribution is 0.353. The average Bonchev–Trinajstić information content (AvgIpc) is 2.74. The Hall–Kier alpha value is -0.210. The molecule has 0 bridgehead atoms. The predicted molar refractivity (Wildman–Crippen MR) is 76.2 cm³/mol. The van der Waals surface area contributed by atoms with Crippen LogP contribution in [0.3, 0.4) is 0 Å². The van der Waals surface area contributed by atoms with Gasteiger partial charge in [0.05, 0.1) is 6.61 Å². The molecular weight excluding hydrogens is 300 g/mol. The van der Waals surface area contributed by atoms with E-state index < -0.39 is 0 Å². The van der Waals surface area contributed by atoms with Crippen molar-refractivity contribution in [3.05, 3.63) is 27.7 Å². The van der Waals surface area contributed by atoms with Crippen LogP contribution in [0, 0.1) is 0 Å². The van der Waals surface area contributed by atoms with Crippen molar-refractivity contribution in [2.24, 2.45) is 0 Å². The lowest BCUT2D eigenvalue weighted by Crippen LogP contribution is -2.01. The second-order valence-electron chi connectivity index (χ2n) is 4.58. The van der Waals surface area contributed by atoms with Gasteiger partial charge in [-0.15, -0.1) is 11.6 Å². The summed E-state index contributed by atoms with van der Waals surface area (Å²) < 4.78 is 6.86. The van der Waals surface area contributed by atoms with Crippen molar-refractivity contribution in [3.8, 4) is 5.75 Å². The van der Waals surface area contributed by atoms with Crippen molar-refractivity contribution in [2.75, 3.05) is 6.61 Å². The second-order valence-corrected chi connectivity index (χ2v) is 6.11. The first-order valence-electron chi connectivity index (χ1n) is 6.29. The molecule has 94 valence electrons. The van der Waals surface area contributed by atoms with Crippen molar-refractivity contribution >= 4 is 27.5 Å². The van der Waals surface area contributed by atoms with Crippen molar-refractivity contribution in [2.45, 2.75) is 44.4 Å². The third-order valence-corrected chi connectivity index (χ3v) is 4.05. The van der Waals surface area contributed by atoms with E-state index >= 15 is 0 Å². The lowest BCUT2D eigenvalue weighted by Gasteiger charge is -2.11. The van der Waals surface area contributed by atoms with E-state index in [1.54, 1.807) is 0 Å². The van der Waals surface area contributed by atoms with Crippen LogP contribution in [0.1, 0.15) is 37.3 Å². The van der Waals surface area contributed by atoms with Crippen LogP contribution in [0.4, 0.5) is 0 Å². The number of hydrogen-bond donors (Lipinski definition) is 0. The molecular formula is C14H18BrClO. The summed E-state index contributed by atoms with van der Waals surface area (Å²) in [6.45, 7) is 2.99. The molecule has 3 heteroatoms. The number of benzene rings is 1. The molecule has 0 spiro atoms. The maximum Gasteiger partial charge on any atom is 0.125 e. The van der Waals surface area contributed by atoms with Gasteiger partial charge in [-0.1, -0.05) is 29.3 Å². The zero-order chi connectivity index (χ0) is 12.3. The highest BCUT2D eigenvalue weighted by Gasteiger charge is 2.17. The molecule has 0 saturated heterocycles. The Morgan fingerprint density at radius 1 is 1.41 bits per heavy atom. The van der Waals surface area contributed by atoms with Gasteiger partial charge in [0, 0.05) is 16.3 Å². The van der Waals surface area contributed by atoms with Gasteiger partial charge in [-0.05, 0) is 42.5 Å². The van der Waals surface area contributed by atoms with Gasteiger partial charge in [0.2, 0.25) is 0 Å². The van der Waals surface area contributed by atoms with E-state index in [1.165, 1.54) is 11.1 Å². The van der Waals surface area contributed by atoms with E-state index in [1.807, 2.05) is 0 Å². The van der Waals surface area contributed by atoms with Crippen molar-refractivity contribution in [1.82, 2.24) is 0 Å². The van der Waals surface area contributed by atoms with Crippen molar-refractivity contribution in [3.63, 3.8) is 0 Å². The Labute approximate surface area is 117 Å². The highest BCUT2D eigenvalue weighted by molar-refractivity contribution is 9.10. The fraction of sp³-hybridized carbons (Fsp3) is 0.571. The molecule has 0 aliphatic carbocycles. The fourth-order valence-electron chi connectivity index (χ4n) is 2.30. The molecule has 1 aliphatic rings. The van der Waals surface area contributed by atoms with Crippen LogP contribution in [0.25, 0.3) is 0 Å². The zero-order valence-electron chi connectivity index (χ0n) is 10.1. The molecule has 1 aromatic rings. The Morgan fingerprint density at radius 2 is 2.24 bits per heavy atom. The van der Waals surface area contributed by atoms with Crippen LogP contribution >= 0.6 is 27.5 Å². The van der Waals surface area contributed by atoms with Gasteiger partial charge < -0.3 is 4.74 Å². The van der Waals surface area contributed by atoms with Gasteiger partial charge in [-0.2, -0.15) is 0 Å². The molecule has 0 amide bonds. The Bertz CT molecular complexity index is 392. The third kappa shape index (κ3) is 3.38. The van der Waals surface area contributed by atoms with E-state index in [2.05, 4.69) is 35.0 Å². The Morgan fingerprint density at radius 3 is 3.00 bits per heavy atom. The van der Waals surface area contributed by atoms with E-state index in [4.69, 9.17) is 16.3 Å². The van der Waals surface area contributed by atoms with Crippen molar-refractivity contribution < 1.29 is 4.74 Å². The number of ether oxygens (including phenoxy) is 1. The van der Waals surface area contributed by atoms with Gasteiger partial charge >= 0.3 is 0 Å². The molecule has 1 aromatic carbocycles. The van der Waals surface area contributed by atoms with Gasteiger partial charge in [0.1, 0.15) is 5.75 Å². The molecule has 1 heterocycles. The monoisotopic (exact) mass is 316 g/mol. The minimum absolute atomic E-state index is 0.288. The molecule has 0 fully saturated rings. The number of halogens is 2. The first-order chi connectivity index (χ1) is 8.20. The SMILES string of the molecule is CCCC(Cl)CCc1cc(Br)cc2c1OCC2. The number of hydrogen-bond acceptors (Lipinski definition) is 1. The second kappa shape index (κ2) is 6.10. The minimum atomic E-state index is 0.288. The summed E-state index contributed by atoms with van der Waals surface area (Å²) >= 11 is 9.83. The standard InChI is InChI=1S/C14H18BrClO/c1-2-3-13(16)5-4-10-8-12(15)9-11-6-7-17-14(10)11/h8-9,13H,2-7H2,1H3.